The lowest BCUT2D eigenvalue weighted by molar-refractivity contribution is -0.125. The molecule has 0 fully saturated rings. The molecule has 1 amide bonds. The Kier molecular flexibility index (Phi) is 8.27. The molecule has 0 saturated carbocycles. The Morgan fingerprint density at radius 1 is 1.08 bits per heavy atom. The highest BCUT2D eigenvalue weighted by Crippen LogP contribution is 2.19. The highest BCUT2D eigenvalue weighted by atomic mass is 35.5. The molecule has 2 rings (SSSR count). The first kappa shape index (κ1) is 22.2. The standard InChI is InChI=1S/C19H24N2O3S.ClH/c1-14(18(20)17-9-4-3-5-10-17)19(22)21-12-15-7-6-8-16(11-15)13-25(2,23)24;/h3-11,14,18H,12-13,20H2,1-2H3,(H,21,22);1H. The van der Waals surface area contributed by atoms with E-state index in [0.29, 0.717) is 12.1 Å². The number of amides is 1. The Morgan fingerprint density at radius 2 is 1.69 bits per heavy atom. The largest absolute Gasteiger partial charge is 0.352 e. The average molecular weight is 397 g/mol. The topological polar surface area (TPSA) is 89.3 Å². The zero-order chi connectivity index (χ0) is 18.4. The summed E-state index contributed by atoms with van der Waals surface area (Å²) in [5.41, 5.74) is 8.66. The molecule has 0 radical (unpaired) electrons. The van der Waals surface area contributed by atoms with Crippen LogP contribution >= 0.6 is 12.4 Å². The van der Waals surface area contributed by atoms with Crippen molar-refractivity contribution in [3.63, 3.8) is 0 Å². The number of nitrogens with one attached hydrogen (secondary N) is 1. The van der Waals surface area contributed by atoms with Gasteiger partial charge in [0.25, 0.3) is 0 Å². The van der Waals surface area contributed by atoms with E-state index in [1.54, 1.807) is 25.1 Å². The van der Waals surface area contributed by atoms with Crippen molar-refractivity contribution in [2.24, 2.45) is 11.7 Å². The quantitative estimate of drug-likeness (QED) is 0.752. The molecule has 2 atom stereocenters. The van der Waals surface area contributed by atoms with E-state index < -0.39 is 9.84 Å². The molecule has 0 heterocycles. The van der Waals surface area contributed by atoms with Crippen molar-refractivity contribution in [3.8, 4) is 0 Å². The Balaban J connectivity index is 0.00000338. The van der Waals surface area contributed by atoms with E-state index in [-0.39, 0.29) is 36.0 Å². The molecule has 142 valence electrons. The first-order valence-corrected chi connectivity index (χ1v) is 10.2. The molecule has 2 unspecified atom stereocenters. The van der Waals surface area contributed by atoms with Crippen molar-refractivity contribution in [3.05, 3.63) is 71.3 Å². The summed E-state index contributed by atoms with van der Waals surface area (Å²) in [6.45, 7) is 2.13. The van der Waals surface area contributed by atoms with E-state index in [0.717, 1.165) is 11.1 Å². The van der Waals surface area contributed by atoms with Crippen molar-refractivity contribution in [2.45, 2.75) is 25.3 Å². The fourth-order valence-corrected chi connectivity index (χ4v) is 3.39. The van der Waals surface area contributed by atoms with Gasteiger partial charge in [0.2, 0.25) is 5.91 Å². The molecule has 0 aliphatic carbocycles. The highest BCUT2D eigenvalue weighted by molar-refractivity contribution is 7.89. The van der Waals surface area contributed by atoms with Crippen LogP contribution in [0.4, 0.5) is 0 Å². The van der Waals surface area contributed by atoms with Gasteiger partial charge in [-0.05, 0) is 16.7 Å². The smallest absolute Gasteiger partial charge is 0.225 e. The van der Waals surface area contributed by atoms with Crippen LogP contribution in [0.5, 0.6) is 0 Å². The second-order valence-electron chi connectivity index (χ2n) is 6.33. The maximum atomic E-state index is 12.4. The molecular formula is C19H25ClN2O3S. The van der Waals surface area contributed by atoms with E-state index in [2.05, 4.69) is 5.32 Å². The summed E-state index contributed by atoms with van der Waals surface area (Å²) in [7, 11) is -3.08. The van der Waals surface area contributed by atoms with Crippen LogP contribution in [0.15, 0.2) is 54.6 Å². The predicted octanol–water partition coefficient (Wildman–Crippen LogP) is 2.61. The molecular weight excluding hydrogens is 372 g/mol. The second-order valence-corrected chi connectivity index (χ2v) is 8.47. The van der Waals surface area contributed by atoms with Crippen LogP contribution in [-0.4, -0.2) is 20.6 Å². The summed E-state index contributed by atoms with van der Waals surface area (Å²) >= 11 is 0. The molecule has 7 heteroatoms. The van der Waals surface area contributed by atoms with Crippen molar-refractivity contribution < 1.29 is 13.2 Å². The van der Waals surface area contributed by atoms with Crippen LogP contribution in [0.3, 0.4) is 0 Å². The lowest BCUT2D eigenvalue weighted by atomic mass is 9.94. The van der Waals surface area contributed by atoms with Gasteiger partial charge in [0.05, 0.1) is 11.7 Å². The fraction of sp³-hybridized carbons (Fsp3) is 0.316. The summed E-state index contributed by atoms with van der Waals surface area (Å²) in [6, 6.07) is 16.3. The van der Waals surface area contributed by atoms with Gasteiger partial charge in [-0.15, -0.1) is 12.4 Å². The number of halogens is 1. The Morgan fingerprint density at radius 3 is 2.31 bits per heavy atom. The maximum Gasteiger partial charge on any atom is 0.225 e. The van der Waals surface area contributed by atoms with Gasteiger partial charge in [-0.2, -0.15) is 0 Å². The van der Waals surface area contributed by atoms with Crippen molar-refractivity contribution in [1.82, 2.24) is 5.32 Å². The SMILES string of the molecule is CC(C(=O)NCc1cccc(CS(C)(=O)=O)c1)C(N)c1ccccc1.Cl. The second kappa shape index (κ2) is 9.71. The zero-order valence-electron chi connectivity index (χ0n) is 14.9. The minimum absolute atomic E-state index is 0. The van der Waals surface area contributed by atoms with Gasteiger partial charge >= 0.3 is 0 Å². The Hall–Kier alpha value is -1.89. The van der Waals surface area contributed by atoms with Crippen molar-refractivity contribution in [2.75, 3.05) is 6.26 Å². The van der Waals surface area contributed by atoms with E-state index in [4.69, 9.17) is 5.73 Å². The molecule has 26 heavy (non-hydrogen) atoms. The predicted molar refractivity (Wildman–Crippen MR) is 107 cm³/mol. The summed E-state index contributed by atoms with van der Waals surface area (Å²) < 4.78 is 22.8. The van der Waals surface area contributed by atoms with Crippen molar-refractivity contribution >= 4 is 28.2 Å². The molecule has 2 aromatic carbocycles. The molecule has 0 bridgehead atoms. The number of nitrogens with two attached hydrogens (primary N) is 1. The first-order chi connectivity index (χ1) is 11.8. The number of sulfone groups is 1. The Bertz CT molecular complexity index is 826. The van der Waals surface area contributed by atoms with Gasteiger partial charge in [-0.25, -0.2) is 8.42 Å². The average Bonchev–Trinajstić information content (AvgIpc) is 2.58. The van der Waals surface area contributed by atoms with E-state index in [1.165, 1.54) is 6.26 Å². The van der Waals surface area contributed by atoms with E-state index in [1.807, 2.05) is 36.4 Å². The van der Waals surface area contributed by atoms with Gasteiger partial charge in [-0.3, -0.25) is 4.79 Å². The number of hydrogen-bond donors (Lipinski definition) is 2. The van der Waals surface area contributed by atoms with E-state index >= 15 is 0 Å². The van der Waals surface area contributed by atoms with Crippen LogP contribution in [0.1, 0.15) is 29.7 Å². The summed E-state index contributed by atoms with van der Waals surface area (Å²) in [5.74, 6) is -0.518. The van der Waals surface area contributed by atoms with Gasteiger partial charge in [0.1, 0.15) is 0 Å². The highest BCUT2D eigenvalue weighted by Gasteiger charge is 2.21. The van der Waals surface area contributed by atoms with E-state index in [9.17, 15) is 13.2 Å². The number of benzene rings is 2. The summed E-state index contributed by atoms with van der Waals surface area (Å²) in [6.07, 6.45) is 1.20. The molecule has 0 aliphatic rings. The van der Waals surface area contributed by atoms with Crippen LogP contribution < -0.4 is 11.1 Å². The number of carbonyl (C=O) groups excluding carboxylic acids is 1. The molecule has 0 aliphatic heterocycles. The van der Waals surface area contributed by atoms with Gasteiger partial charge in [0.15, 0.2) is 9.84 Å². The molecule has 2 aromatic rings. The number of rotatable bonds is 7. The lowest BCUT2D eigenvalue weighted by Crippen LogP contribution is -2.35. The van der Waals surface area contributed by atoms with Crippen LogP contribution in [0.2, 0.25) is 0 Å². The van der Waals surface area contributed by atoms with Crippen LogP contribution in [0.25, 0.3) is 0 Å². The Labute approximate surface area is 161 Å². The monoisotopic (exact) mass is 396 g/mol. The molecule has 5 nitrogen and oxygen atoms in total. The lowest BCUT2D eigenvalue weighted by Gasteiger charge is -2.20. The number of hydrogen-bond acceptors (Lipinski definition) is 4. The van der Waals surface area contributed by atoms with Crippen LogP contribution in [-0.2, 0) is 26.9 Å². The van der Waals surface area contributed by atoms with Gasteiger partial charge < -0.3 is 11.1 Å². The molecule has 0 spiro atoms. The maximum absolute atomic E-state index is 12.4. The molecule has 3 N–H and O–H groups in total. The van der Waals surface area contributed by atoms with Gasteiger partial charge in [-0.1, -0.05) is 61.5 Å². The summed E-state index contributed by atoms with van der Waals surface area (Å²) in [5, 5.41) is 2.87. The number of carbonyl (C=O) groups is 1. The van der Waals surface area contributed by atoms with Crippen molar-refractivity contribution in [1.29, 1.82) is 0 Å². The zero-order valence-corrected chi connectivity index (χ0v) is 16.5. The normalized spacial score (nSPS) is 13.3. The van der Waals surface area contributed by atoms with Gasteiger partial charge in [0, 0.05) is 18.8 Å². The third kappa shape index (κ3) is 6.78. The fourth-order valence-electron chi connectivity index (χ4n) is 2.61. The minimum Gasteiger partial charge on any atom is -0.352 e. The third-order valence-corrected chi connectivity index (χ3v) is 4.88. The first-order valence-electron chi connectivity index (χ1n) is 8.10. The van der Waals surface area contributed by atoms with Crippen LogP contribution in [0, 0.1) is 5.92 Å². The third-order valence-electron chi connectivity index (χ3n) is 4.02. The molecule has 0 aromatic heterocycles. The molecule has 0 saturated heterocycles. The minimum atomic E-state index is -3.08. The summed E-state index contributed by atoms with van der Waals surface area (Å²) in [4.78, 5) is 12.4.